The van der Waals surface area contributed by atoms with Gasteiger partial charge in [-0.3, -0.25) is 0 Å². The Morgan fingerprint density at radius 2 is 1.88 bits per heavy atom. The molecule has 0 saturated carbocycles. The van der Waals surface area contributed by atoms with E-state index in [4.69, 9.17) is 0 Å². The number of hydrogen-bond donors (Lipinski definition) is 3. The van der Waals surface area contributed by atoms with Crippen molar-refractivity contribution in [3.63, 3.8) is 0 Å². The van der Waals surface area contributed by atoms with Gasteiger partial charge in [0.25, 0.3) is 0 Å². The van der Waals surface area contributed by atoms with E-state index in [2.05, 4.69) is 5.32 Å². The molecule has 0 saturated heterocycles. The molecule has 1 atom stereocenters. The van der Waals surface area contributed by atoms with Crippen LogP contribution < -0.4 is 5.32 Å². The van der Waals surface area contributed by atoms with Crippen LogP contribution in [-0.4, -0.2) is 16.4 Å². The lowest BCUT2D eigenvalue weighted by atomic mass is 10.1. The second-order valence-corrected chi connectivity index (χ2v) is 5.36. The molecule has 0 spiro atoms. The third-order valence-electron chi connectivity index (χ3n) is 3.33. The number of rotatable bonds is 5. The topological polar surface area (TPSA) is 52.5 Å². The number of nitrogens with one attached hydrogen (secondary N) is 1. The molecule has 3 N–H and O–H groups in total. The summed E-state index contributed by atoms with van der Waals surface area (Å²) in [5.74, 6) is 0. The minimum Gasteiger partial charge on any atom is -0.392 e. The Kier molecular flexibility index (Phi) is 5.64. The van der Waals surface area contributed by atoms with Crippen molar-refractivity contribution in [2.24, 2.45) is 0 Å². The number of benzene rings is 2. The van der Waals surface area contributed by atoms with Crippen molar-refractivity contribution in [1.29, 1.82) is 0 Å². The first-order valence-electron chi connectivity index (χ1n) is 7.33. The standard InChI is InChI=1S/C18H18F3NO2/c1-12(24)22-17-8-6-14(11-23)9-15(17)7-5-13-3-2-4-16(10-13)18(19,20)21/h2-10,12,22-24H,11H2,1H3/b7-5+. The average Bonchev–Trinajstić information content (AvgIpc) is 2.53. The number of aliphatic hydroxyl groups excluding tert-OH is 2. The van der Waals surface area contributed by atoms with Crippen LogP contribution in [0.1, 0.15) is 29.2 Å². The van der Waals surface area contributed by atoms with E-state index in [-0.39, 0.29) is 6.61 Å². The Balaban J connectivity index is 2.34. The van der Waals surface area contributed by atoms with Crippen LogP contribution in [0.2, 0.25) is 0 Å². The lowest BCUT2D eigenvalue weighted by Gasteiger charge is -2.13. The van der Waals surface area contributed by atoms with Gasteiger partial charge in [0.15, 0.2) is 0 Å². The van der Waals surface area contributed by atoms with E-state index in [1.165, 1.54) is 6.07 Å². The predicted octanol–water partition coefficient (Wildman–Crippen LogP) is 4.12. The molecule has 0 heterocycles. The van der Waals surface area contributed by atoms with E-state index >= 15 is 0 Å². The fraction of sp³-hybridized carbons (Fsp3) is 0.222. The minimum atomic E-state index is -4.39. The second kappa shape index (κ2) is 7.51. The van der Waals surface area contributed by atoms with Crippen molar-refractivity contribution in [3.05, 3.63) is 64.7 Å². The van der Waals surface area contributed by atoms with Gasteiger partial charge in [-0.1, -0.05) is 30.4 Å². The fourth-order valence-corrected chi connectivity index (χ4v) is 2.21. The summed E-state index contributed by atoms with van der Waals surface area (Å²) in [6, 6.07) is 10.1. The molecule has 2 aromatic carbocycles. The molecule has 128 valence electrons. The SMILES string of the molecule is CC(O)Nc1ccc(CO)cc1/C=C/c1cccc(C(F)(F)F)c1. The van der Waals surface area contributed by atoms with Crippen molar-refractivity contribution in [3.8, 4) is 0 Å². The third-order valence-corrected chi connectivity index (χ3v) is 3.33. The van der Waals surface area contributed by atoms with E-state index in [0.29, 0.717) is 22.4 Å². The van der Waals surface area contributed by atoms with Crippen LogP contribution in [0.25, 0.3) is 12.2 Å². The van der Waals surface area contributed by atoms with Gasteiger partial charge in [0, 0.05) is 5.69 Å². The molecular weight excluding hydrogens is 319 g/mol. The lowest BCUT2D eigenvalue weighted by Crippen LogP contribution is -2.14. The van der Waals surface area contributed by atoms with Crippen molar-refractivity contribution >= 4 is 17.8 Å². The molecule has 0 aliphatic heterocycles. The summed E-state index contributed by atoms with van der Waals surface area (Å²) >= 11 is 0. The molecule has 0 radical (unpaired) electrons. The molecule has 1 unspecified atom stereocenters. The van der Waals surface area contributed by atoms with Gasteiger partial charge in [0.05, 0.1) is 12.2 Å². The van der Waals surface area contributed by atoms with Gasteiger partial charge >= 0.3 is 6.18 Å². The highest BCUT2D eigenvalue weighted by molar-refractivity contribution is 5.77. The molecule has 3 nitrogen and oxygen atoms in total. The molecule has 0 amide bonds. The van der Waals surface area contributed by atoms with Crippen LogP contribution in [0.3, 0.4) is 0 Å². The Bertz CT molecular complexity index is 724. The van der Waals surface area contributed by atoms with E-state index < -0.39 is 18.0 Å². The number of aliphatic hydroxyl groups is 2. The van der Waals surface area contributed by atoms with Gasteiger partial charge in [-0.05, 0) is 47.9 Å². The van der Waals surface area contributed by atoms with E-state index in [9.17, 15) is 23.4 Å². The first-order chi connectivity index (χ1) is 11.3. The van der Waals surface area contributed by atoms with Crippen LogP contribution in [0.4, 0.5) is 18.9 Å². The van der Waals surface area contributed by atoms with Crippen molar-refractivity contribution in [1.82, 2.24) is 0 Å². The molecule has 0 bridgehead atoms. The maximum absolute atomic E-state index is 12.7. The van der Waals surface area contributed by atoms with Crippen LogP contribution in [0.5, 0.6) is 0 Å². The van der Waals surface area contributed by atoms with Gasteiger partial charge < -0.3 is 15.5 Å². The normalized spacial score (nSPS) is 13.2. The van der Waals surface area contributed by atoms with Crippen molar-refractivity contribution < 1.29 is 23.4 Å². The first-order valence-corrected chi connectivity index (χ1v) is 7.33. The summed E-state index contributed by atoms with van der Waals surface area (Å²) in [6.07, 6.45) is -1.98. The Hall–Kier alpha value is -2.31. The molecule has 2 aromatic rings. The Morgan fingerprint density at radius 1 is 1.12 bits per heavy atom. The van der Waals surface area contributed by atoms with Crippen molar-refractivity contribution in [2.45, 2.75) is 25.9 Å². The molecule has 24 heavy (non-hydrogen) atoms. The van der Waals surface area contributed by atoms with Gasteiger partial charge in [-0.2, -0.15) is 13.2 Å². The fourth-order valence-electron chi connectivity index (χ4n) is 2.21. The summed E-state index contributed by atoms with van der Waals surface area (Å²) in [7, 11) is 0. The zero-order chi connectivity index (χ0) is 17.7. The quantitative estimate of drug-likeness (QED) is 0.568. The maximum atomic E-state index is 12.7. The average molecular weight is 337 g/mol. The number of anilines is 1. The highest BCUT2D eigenvalue weighted by Crippen LogP contribution is 2.30. The van der Waals surface area contributed by atoms with Crippen molar-refractivity contribution in [2.75, 3.05) is 5.32 Å². The Morgan fingerprint density at radius 3 is 2.50 bits per heavy atom. The van der Waals surface area contributed by atoms with Gasteiger partial charge in [-0.15, -0.1) is 0 Å². The van der Waals surface area contributed by atoms with Gasteiger partial charge in [0.2, 0.25) is 0 Å². The zero-order valence-electron chi connectivity index (χ0n) is 13.0. The number of hydrogen-bond acceptors (Lipinski definition) is 3. The maximum Gasteiger partial charge on any atom is 0.416 e. The van der Waals surface area contributed by atoms with Gasteiger partial charge in [0.1, 0.15) is 6.23 Å². The summed E-state index contributed by atoms with van der Waals surface area (Å²) in [5, 5.41) is 21.5. The van der Waals surface area contributed by atoms with Crippen LogP contribution in [0.15, 0.2) is 42.5 Å². The monoisotopic (exact) mass is 337 g/mol. The molecular formula is C18H18F3NO2. The summed E-state index contributed by atoms with van der Waals surface area (Å²) < 4.78 is 38.2. The molecule has 6 heteroatoms. The predicted molar refractivity (Wildman–Crippen MR) is 88.0 cm³/mol. The number of halogens is 3. The highest BCUT2D eigenvalue weighted by atomic mass is 19.4. The Labute approximate surface area is 138 Å². The smallest absolute Gasteiger partial charge is 0.392 e. The van der Waals surface area contributed by atoms with Crippen LogP contribution in [0, 0.1) is 0 Å². The second-order valence-electron chi connectivity index (χ2n) is 5.36. The van der Waals surface area contributed by atoms with E-state index in [0.717, 1.165) is 12.1 Å². The summed E-state index contributed by atoms with van der Waals surface area (Å²) in [5.41, 5.74) is 1.62. The van der Waals surface area contributed by atoms with Crippen LogP contribution in [-0.2, 0) is 12.8 Å². The number of alkyl halides is 3. The summed E-state index contributed by atoms with van der Waals surface area (Å²) in [6.45, 7) is 1.40. The third kappa shape index (κ3) is 4.84. The van der Waals surface area contributed by atoms with Gasteiger partial charge in [-0.25, -0.2) is 0 Å². The minimum absolute atomic E-state index is 0.153. The molecule has 0 aliphatic rings. The van der Waals surface area contributed by atoms with E-state index in [1.54, 1.807) is 43.3 Å². The largest absolute Gasteiger partial charge is 0.416 e. The first kappa shape index (κ1) is 18.0. The van der Waals surface area contributed by atoms with Crippen LogP contribution >= 0.6 is 0 Å². The molecule has 0 aromatic heterocycles. The van der Waals surface area contributed by atoms with E-state index in [1.807, 2.05) is 0 Å². The highest BCUT2D eigenvalue weighted by Gasteiger charge is 2.30. The summed E-state index contributed by atoms with van der Waals surface area (Å²) in [4.78, 5) is 0. The molecule has 0 aliphatic carbocycles. The molecule has 2 rings (SSSR count). The lowest BCUT2D eigenvalue weighted by molar-refractivity contribution is -0.137. The molecule has 0 fully saturated rings. The zero-order valence-corrected chi connectivity index (χ0v) is 13.0.